The van der Waals surface area contributed by atoms with Gasteiger partial charge >= 0.3 is 0 Å². The van der Waals surface area contributed by atoms with E-state index >= 15 is 0 Å². The van der Waals surface area contributed by atoms with Crippen LogP contribution in [-0.2, 0) is 10.0 Å². The Morgan fingerprint density at radius 1 is 1.04 bits per heavy atom. The lowest BCUT2D eigenvalue weighted by molar-refractivity contribution is 0.0781. The molecule has 2 aromatic rings. The molecule has 2 fully saturated rings. The van der Waals surface area contributed by atoms with Crippen LogP contribution in [-0.4, -0.2) is 45.4 Å². The van der Waals surface area contributed by atoms with Gasteiger partial charge < -0.3 is 10.2 Å². The van der Waals surface area contributed by atoms with Crippen molar-refractivity contribution < 1.29 is 13.2 Å². The van der Waals surface area contributed by atoms with Crippen LogP contribution in [0.15, 0.2) is 47.4 Å². The molecular formula is C21H25N3O3S. The van der Waals surface area contributed by atoms with Gasteiger partial charge in [0, 0.05) is 37.4 Å². The number of nitrogens with one attached hydrogen (secondary N) is 2. The van der Waals surface area contributed by atoms with Gasteiger partial charge in [0.15, 0.2) is 0 Å². The van der Waals surface area contributed by atoms with Gasteiger partial charge in [0.25, 0.3) is 15.9 Å². The molecule has 6 nitrogen and oxygen atoms in total. The minimum atomic E-state index is -3.68. The molecule has 148 valence electrons. The van der Waals surface area contributed by atoms with Crippen molar-refractivity contribution in [3.05, 3.63) is 59.2 Å². The first kappa shape index (κ1) is 19.0. The van der Waals surface area contributed by atoms with Gasteiger partial charge in [0.05, 0.1) is 4.90 Å². The standard InChI is InChI=1S/C21H25N3O3S/c1-14-3-4-15(2)20(9-14)28(26,27)23-19-7-5-16(6-8-19)21(25)24-12-17-10-22-11-18(17)13-24/h3-9,17-18,22-23H,10-13H2,1-2H3/t17-,18+. The summed E-state index contributed by atoms with van der Waals surface area (Å²) in [5.74, 6) is 1.11. The molecule has 1 amide bonds. The quantitative estimate of drug-likeness (QED) is 0.828. The van der Waals surface area contributed by atoms with Crippen molar-refractivity contribution in [2.45, 2.75) is 18.7 Å². The van der Waals surface area contributed by atoms with Crippen LogP contribution in [0.2, 0.25) is 0 Å². The van der Waals surface area contributed by atoms with Crippen molar-refractivity contribution in [3.8, 4) is 0 Å². The van der Waals surface area contributed by atoms with E-state index in [1.54, 1.807) is 43.3 Å². The SMILES string of the molecule is Cc1ccc(C)c(S(=O)(=O)Nc2ccc(C(=O)N3C[C@H]4CNC[C@H]4C3)cc2)c1. The van der Waals surface area contributed by atoms with Crippen LogP contribution < -0.4 is 10.0 Å². The summed E-state index contributed by atoms with van der Waals surface area (Å²) < 4.78 is 28.1. The van der Waals surface area contributed by atoms with Gasteiger partial charge in [-0.05, 0) is 67.1 Å². The zero-order valence-corrected chi connectivity index (χ0v) is 16.9. The van der Waals surface area contributed by atoms with Crippen LogP contribution in [0.3, 0.4) is 0 Å². The van der Waals surface area contributed by atoms with Crippen LogP contribution in [0.4, 0.5) is 5.69 Å². The van der Waals surface area contributed by atoms with Gasteiger partial charge in [-0.25, -0.2) is 8.42 Å². The number of likely N-dealkylation sites (tertiary alicyclic amines) is 1. The fraction of sp³-hybridized carbons (Fsp3) is 0.381. The summed E-state index contributed by atoms with van der Waals surface area (Å²) in [6.07, 6.45) is 0. The first-order valence-electron chi connectivity index (χ1n) is 9.53. The van der Waals surface area contributed by atoms with Gasteiger partial charge in [-0.15, -0.1) is 0 Å². The number of anilines is 1. The van der Waals surface area contributed by atoms with Crippen molar-refractivity contribution in [1.29, 1.82) is 0 Å². The third-order valence-corrected chi connectivity index (χ3v) is 7.22. The lowest BCUT2D eigenvalue weighted by atomic mass is 10.0. The molecule has 0 saturated carbocycles. The number of nitrogens with zero attached hydrogens (tertiary/aromatic N) is 1. The number of hydrogen-bond donors (Lipinski definition) is 2. The van der Waals surface area contributed by atoms with E-state index < -0.39 is 10.0 Å². The molecular weight excluding hydrogens is 374 g/mol. The fourth-order valence-corrected chi connectivity index (χ4v) is 5.48. The summed E-state index contributed by atoms with van der Waals surface area (Å²) in [4.78, 5) is 14.9. The largest absolute Gasteiger partial charge is 0.338 e. The Balaban J connectivity index is 1.47. The van der Waals surface area contributed by atoms with Gasteiger partial charge in [-0.3, -0.25) is 9.52 Å². The zero-order chi connectivity index (χ0) is 19.9. The summed E-state index contributed by atoms with van der Waals surface area (Å²) in [6, 6.07) is 12.0. The number of aryl methyl sites for hydroxylation is 2. The second kappa shape index (κ2) is 7.22. The molecule has 28 heavy (non-hydrogen) atoms. The van der Waals surface area contributed by atoms with E-state index in [9.17, 15) is 13.2 Å². The summed E-state index contributed by atoms with van der Waals surface area (Å²) in [5.41, 5.74) is 2.61. The highest BCUT2D eigenvalue weighted by atomic mass is 32.2. The number of amides is 1. The minimum Gasteiger partial charge on any atom is -0.338 e. The first-order valence-corrected chi connectivity index (χ1v) is 11.0. The van der Waals surface area contributed by atoms with Crippen LogP contribution >= 0.6 is 0 Å². The topological polar surface area (TPSA) is 78.5 Å². The molecule has 0 bridgehead atoms. The Hall–Kier alpha value is -2.38. The summed E-state index contributed by atoms with van der Waals surface area (Å²) >= 11 is 0. The Morgan fingerprint density at radius 3 is 2.32 bits per heavy atom. The number of benzene rings is 2. The van der Waals surface area contributed by atoms with Crippen LogP contribution in [0, 0.1) is 25.7 Å². The Labute approximate surface area is 166 Å². The van der Waals surface area contributed by atoms with Crippen LogP contribution in [0.25, 0.3) is 0 Å². The van der Waals surface area contributed by atoms with E-state index in [0.717, 1.165) is 31.7 Å². The average Bonchev–Trinajstić information content (AvgIpc) is 3.25. The van der Waals surface area contributed by atoms with Gasteiger partial charge in [-0.1, -0.05) is 12.1 Å². The van der Waals surface area contributed by atoms with E-state index in [1.165, 1.54) is 0 Å². The number of rotatable bonds is 4. The maximum atomic E-state index is 12.7. The Kier molecular flexibility index (Phi) is 4.89. The van der Waals surface area contributed by atoms with Crippen molar-refractivity contribution in [3.63, 3.8) is 0 Å². The van der Waals surface area contributed by atoms with Crippen LogP contribution in [0.1, 0.15) is 21.5 Å². The first-order chi connectivity index (χ1) is 13.3. The smallest absolute Gasteiger partial charge is 0.262 e. The Bertz CT molecular complexity index is 990. The number of fused-ring (bicyclic) bond motifs is 1. The molecule has 4 rings (SSSR count). The normalized spacial score (nSPS) is 21.6. The van der Waals surface area contributed by atoms with E-state index in [4.69, 9.17) is 0 Å². The van der Waals surface area contributed by atoms with Crippen molar-refractivity contribution >= 4 is 21.6 Å². The summed E-state index contributed by atoms with van der Waals surface area (Å²) in [6.45, 7) is 7.17. The van der Waals surface area contributed by atoms with Gasteiger partial charge in [0.1, 0.15) is 0 Å². The van der Waals surface area contributed by atoms with Crippen LogP contribution in [0.5, 0.6) is 0 Å². The molecule has 2 N–H and O–H groups in total. The number of carbonyl (C=O) groups is 1. The Morgan fingerprint density at radius 2 is 1.68 bits per heavy atom. The van der Waals surface area contributed by atoms with Crippen molar-refractivity contribution in [2.75, 3.05) is 30.9 Å². The number of sulfonamides is 1. The molecule has 2 aliphatic rings. The third-order valence-electron chi connectivity index (χ3n) is 5.69. The second-order valence-electron chi connectivity index (χ2n) is 7.84. The van der Waals surface area contributed by atoms with Crippen molar-refractivity contribution in [1.82, 2.24) is 10.2 Å². The molecule has 0 aliphatic carbocycles. The molecule has 2 atom stereocenters. The number of carbonyl (C=O) groups excluding carboxylic acids is 1. The molecule has 0 aromatic heterocycles. The second-order valence-corrected chi connectivity index (χ2v) is 9.49. The highest BCUT2D eigenvalue weighted by molar-refractivity contribution is 7.92. The summed E-state index contributed by atoms with van der Waals surface area (Å²) in [7, 11) is -3.68. The lowest BCUT2D eigenvalue weighted by Gasteiger charge is -2.18. The predicted octanol–water partition coefficient (Wildman–Crippen LogP) is 2.40. The monoisotopic (exact) mass is 399 g/mol. The predicted molar refractivity (Wildman–Crippen MR) is 109 cm³/mol. The van der Waals surface area contributed by atoms with Gasteiger partial charge in [-0.2, -0.15) is 0 Å². The molecule has 2 saturated heterocycles. The molecule has 0 radical (unpaired) electrons. The molecule has 2 heterocycles. The third kappa shape index (κ3) is 3.64. The van der Waals surface area contributed by atoms with E-state index in [2.05, 4.69) is 10.0 Å². The van der Waals surface area contributed by atoms with Gasteiger partial charge in [0.2, 0.25) is 0 Å². The van der Waals surface area contributed by atoms with Crippen molar-refractivity contribution in [2.24, 2.45) is 11.8 Å². The number of hydrogen-bond acceptors (Lipinski definition) is 4. The van der Waals surface area contributed by atoms with E-state index in [-0.39, 0.29) is 10.8 Å². The highest BCUT2D eigenvalue weighted by Crippen LogP contribution is 2.28. The molecule has 0 unspecified atom stereocenters. The minimum absolute atomic E-state index is 0.0123. The van der Waals surface area contributed by atoms with E-state index in [1.807, 2.05) is 17.9 Å². The summed E-state index contributed by atoms with van der Waals surface area (Å²) in [5, 5.41) is 3.37. The molecule has 0 spiro atoms. The molecule has 2 aromatic carbocycles. The zero-order valence-electron chi connectivity index (χ0n) is 16.1. The lowest BCUT2D eigenvalue weighted by Crippen LogP contribution is -2.31. The molecule has 2 aliphatic heterocycles. The maximum Gasteiger partial charge on any atom is 0.262 e. The molecule has 7 heteroatoms. The fourth-order valence-electron chi connectivity index (χ4n) is 4.09. The maximum absolute atomic E-state index is 12.7. The average molecular weight is 400 g/mol. The van der Waals surface area contributed by atoms with E-state index in [0.29, 0.717) is 28.7 Å². The highest BCUT2D eigenvalue weighted by Gasteiger charge is 2.38.